The molecule has 0 unspecified atom stereocenters. The van der Waals surface area contributed by atoms with Crippen LogP contribution in [-0.4, -0.2) is 15.5 Å². The van der Waals surface area contributed by atoms with Crippen LogP contribution in [0.2, 0.25) is 0 Å². The average molecular weight is 292 g/mol. The van der Waals surface area contributed by atoms with E-state index in [1.807, 2.05) is 19.1 Å². The molecule has 0 aliphatic heterocycles. The number of ether oxygens (including phenoxy) is 1. The van der Waals surface area contributed by atoms with E-state index in [2.05, 4.69) is 4.72 Å². The van der Waals surface area contributed by atoms with E-state index in [1.54, 1.807) is 24.3 Å². The quantitative estimate of drug-likeness (QED) is 0.847. The first-order valence-electron chi connectivity index (χ1n) is 6.00. The van der Waals surface area contributed by atoms with Crippen LogP contribution in [0.15, 0.2) is 47.4 Å². The van der Waals surface area contributed by atoms with E-state index >= 15 is 0 Å². The number of anilines is 1. The highest BCUT2D eigenvalue weighted by atomic mass is 32.2. The van der Waals surface area contributed by atoms with Crippen molar-refractivity contribution in [3.05, 3.63) is 48.0 Å². The van der Waals surface area contributed by atoms with Crippen LogP contribution in [0.1, 0.15) is 5.56 Å². The van der Waals surface area contributed by atoms with Crippen molar-refractivity contribution in [2.24, 2.45) is 0 Å². The zero-order chi connectivity index (χ0) is 14.8. The molecule has 0 bridgehead atoms. The van der Waals surface area contributed by atoms with Crippen molar-refractivity contribution in [2.45, 2.75) is 11.8 Å². The topological polar surface area (TPSA) is 81.4 Å². The maximum Gasteiger partial charge on any atom is 0.244 e. The third kappa shape index (κ3) is 3.09. The van der Waals surface area contributed by atoms with Gasteiger partial charge in [0, 0.05) is 5.69 Å². The number of rotatable bonds is 4. The molecule has 106 valence electrons. The molecule has 0 spiro atoms. The van der Waals surface area contributed by atoms with Crippen LogP contribution in [0.5, 0.6) is 11.5 Å². The molecule has 2 rings (SSSR count). The number of nitrogens with one attached hydrogen (secondary N) is 1. The van der Waals surface area contributed by atoms with Crippen LogP contribution in [0, 0.1) is 6.92 Å². The largest absolute Gasteiger partial charge is 0.456 e. The van der Waals surface area contributed by atoms with Crippen molar-refractivity contribution in [2.75, 3.05) is 12.8 Å². The summed E-state index contributed by atoms with van der Waals surface area (Å²) in [4.78, 5) is 0.0144. The van der Waals surface area contributed by atoms with Gasteiger partial charge in [0.05, 0.1) is 0 Å². The van der Waals surface area contributed by atoms with Crippen molar-refractivity contribution < 1.29 is 13.2 Å². The molecule has 0 saturated carbocycles. The number of nitrogen functional groups attached to an aromatic ring is 1. The van der Waals surface area contributed by atoms with E-state index in [-0.39, 0.29) is 10.6 Å². The van der Waals surface area contributed by atoms with E-state index in [9.17, 15) is 8.42 Å². The third-order valence-corrected chi connectivity index (χ3v) is 4.21. The second-order valence-corrected chi connectivity index (χ2v) is 6.18. The standard InChI is InChI=1S/C14H16N2O3S/c1-10-3-6-12(7-4-10)19-13-8-5-11(15)9-14(13)20(17,18)16-2/h3-9,16H,15H2,1-2H3. The van der Waals surface area contributed by atoms with Crippen LogP contribution in [0.4, 0.5) is 5.69 Å². The lowest BCUT2D eigenvalue weighted by molar-refractivity contribution is 0.467. The summed E-state index contributed by atoms with van der Waals surface area (Å²) in [6.45, 7) is 1.96. The zero-order valence-corrected chi connectivity index (χ0v) is 12.1. The van der Waals surface area contributed by atoms with Gasteiger partial charge in [-0.3, -0.25) is 0 Å². The minimum atomic E-state index is -3.63. The van der Waals surface area contributed by atoms with Crippen molar-refractivity contribution in [3.8, 4) is 11.5 Å². The SMILES string of the molecule is CNS(=O)(=O)c1cc(N)ccc1Oc1ccc(C)cc1. The van der Waals surface area contributed by atoms with Crippen LogP contribution >= 0.6 is 0 Å². The Morgan fingerprint density at radius 1 is 1.10 bits per heavy atom. The number of hydrogen-bond donors (Lipinski definition) is 2. The number of sulfonamides is 1. The van der Waals surface area contributed by atoms with Gasteiger partial charge in [0.25, 0.3) is 0 Å². The van der Waals surface area contributed by atoms with E-state index in [1.165, 1.54) is 13.1 Å². The minimum Gasteiger partial charge on any atom is -0.456 e. The Morgan fingerprint density at radius 3 is 2.35 bits per heavy atom. The molecule has 0 aliphatic rings. The minimum absolute atomic E-state index is 0.0144. The summed E-state index contributed by atoms with van der Waals surface area (Å²) in [5, 5.41) is 0. The summed E-state index contributed by atoms with van der Waals surface area (Å²) >= 11 is 0. The lowest BCUT2D eigenvalue weighted by Crippen LogP contribution is -2.19. The van der Waals surface area contributed by atoms with Crippen LogP contribution in [-0.2, 0) is 10.0 Å². The maximum absolute atomic E-state index is 12.0. The molecule has 6 heteroatoms. The third-order valence-electron chi connectivity index (χ3n) is 2.77. The maximum atomic E-state index is 12.0. The summed E-state index contributed by atoms with van der Waals surface area (Å²) in [6, 6.07) is 11.8. The molecule has 0 atom stereocenters. The van der Waals surface area contributed by atoms with Gasteiger partial charge < -0.3 is 10.5 Å². The Hall–Kier alpha value is -2.05. The summed E-state index contributed by atoms with van der Waals surface area (Å²) in [6.07, 6.45) is 0. The van der Waals surface area contributed by atoms with Gasteiger partial charge in [-0.25, -0.2) is 13.1 Å². The molecule has 0 amide bonds. The number of hydrogen-bond acceptors (Lipinski definition) is 4. The highest BCUT2D eigenvalue weighted by Gasteiger charge is 2.18. The summed E-state index contributed by atoms with van der Waals surface area (Å²) in [5.74, 6) is 0.797. The van der Waals surface area contributed by atoms with E-state index < -0.39 is 10.0 Å². The average Bonchev–Trinajstić information content (AvgIpc) is 2.43. The molecule has 5 nitrogen and oxygen atoms in total. The van der Waals surface area contributed by atoms with E-state index in [0.717, 1.165) is 5.56 Å². The lowest BCUT2D eigenvalue weighted by Gasteiger charge is -2.12. The van der Waals surface area contributed by atoms with Crippen molar-refractivity contribution in [1.82, 2.24) is 4.72 Å². The molecule has 0 fully saturated rings. The fourth-order valence-corrected chi connectivity index (χ4v) is 2.55. The first-order chi connectivity index (χ1) is 9.42. The Balaban J connectivity index is 2.44. The van der Waals surface area contributed by atoms with Gasteiger partial charge in [-0.05, 0) is 44.3 Å². The Morgan fingerprint density at radius 2 is 1.75 bits per heavy atom. The Bertz CT molecular complexity index is 710. The van der Waals surface area contributed by atoms with Gasteiger partial charge in [0.2, 0.25) is 10.0 Å². The molecule has 0 aromatic heterocycles. The molecular weight excluding hydrogens is 276 g/mol. The first kappa shape index (κ1) is 14.4. The fraction of sp³-hybridized carbons (Fsp3) is 0.143. The normalized spacial score (nSPS) is 11.3. The predicted molar refractivity (Wildman–Crippen MR) is 78.4 cm³/mol. The molecule has 0 heterocycles. The molecular formula is C14H16N2O3S. The number of aryl methyl sites for hydroxylation is 1. The van der Waals surface area contributed by atoms with Gasteiger partial charge in [-0.2, -0.15) is 0 Å². The van der Waals surface area contributed by atoms with Crippen molar-refractivity contribution in [3.63, 3.8) is 0 Å². The monoisotopic (exact) mass is 292 g/mol. The van der Waals surface area contributed by atoms with E-state index in [4.69, 9.17) is 10.5 Å². The zero-order valence-electron chi connectivity index (χ0n) is 11.3. The van der Waals surface area contributed by atoms with Crippen LogP contribution in [0.3, 0.4) is 0 Å². The smallest absolute Gasteiger partial charge is 0.244 e. The second kappa shape index (κ2) is 5.52. The summed E-state index contributed by atoms with van der Waals surface area (Å²) < 4.78 is 31.8. The van der Waals surface area contributed by atoms with Crippen LogP contribution < -0.4 is 15.2 Å². The van der Waals surface area contributed by atoms with E-state index in [0.29, 0.717) is 11.4 Å². The fourth-order valence-electron chi connectivity index (χ4n) is 1.66. The van der Waals surface area contributed by atoms with Gasteiger partial charge in [-0.1, -0.05) is 17.7 Å². The van der Waals surface area contributed by atoms with Crippen LogP contribution in [0.25, 0.3) is 0 Å². The molecule has 0 aliphatic carbocycles. The molecule has 0 radical (unpaired) electrons. The van der Waals surface area contributed by atoms with Crippen molar-refractivity contribution in [1.29, 1.82) is 0 Å². The molecule has 2 aromatic carbocycles. The van der Waals surface area contributed by atoms with Gasteiger partial charge in [-0.15, -0.1) is 0 Å². The molecule has 0 saturated heterocycles. The first-order valence-corrected chi connectivity index (χ1v) is 7.48. The van der Waals surface area contributed by atoms with Gasteiger partial charge in [0.15, 0.2) is 0 Å². The Labute approximate surface area is 118 Å². The summed E-state index contributed by atoms with van der Waals surface area (Å²) in [5.41, 5.74) is 7.10. The predicted octanol–water partition coefficient (Wildman–Crippen LogP) is 2.28. The number of nitrogens with two attached hydrogens (primary N) is 1. The lowest BCUT2D eigenvalue weighted by atomic mass is 10.2. The van der Waals surface area contributed by atoms with Gasteiger partial charge >= 0.3 is 0 Å². The number of benzene rings is 2. The highest BCUT2D eigenvalue weighted by Crippen LogP contribution is 2.30. The Kier molecular flexibility index (Phi) is 3.96. The molecule has 3 N–H and O–H groups in total. The molecule has 2 aromatic rings. The molecule has 20 heavy (non-hydrogen) atoms. The van der Waals surface area contributed by atoms with Crippen molar-refractivity contribution >= 4 is 15.7 Å². The summed E-state index contributed by atoms with van der Waals surface area (Å²) in [7, 11) is -2.29. The van der Waals surface area contributed by atoms with Gasteiger partial charge in [0.1, 0.15) is 16.4 Å². The highest BCUT2D eigenvalue weighted by molar-refractivity contribution is 7.89. The second-order valence-electron chi connectivity index (χ2n) is 4.33.